The highest BCUT2D eigenvalue weighted by Crippen LogP contribution is 2.49. The molecule has 0 saturated heterocycles. The molecular formula is C25H30N2O3. The van der Waals surface area contributed by atoms with Crippen LogP contribution in [-0.4, -0.2) is 41.8 Å². The Labute approximate surface area is 178 Å². The molecule has 1 fully saturated rings. The summed E-state index contributed by atoms with van der Waals surface area (Å²) in [6.07, 6.45) is 0.841. The number of nitrogens with zero attached hydrogens (tertiary/aromatic N) is 1. The highest BCUT2D eigenvalue weighted by Gasteiger charge is 2.54. The Bertz CT molecular complexity index is 943. The van der Waals surface area contributed by atoms with Gasteiger partial charge < -0.3 is 10.1 Å². The van der Waals surface area contributed by atoms with Gasteiger partial charge in [0.1, 0.15) is 17.9 Å². The number of amides is 1. The van der Waals surface area contributed by atoms with E-state index in [4.69, 9.17) is 4.74 Å². The number of nitrogens with one attached hydrogen (secondary N) is 1. The van der Waals surface area contributed by atoms with Crippen molar-refractivity contribution < 1.29 is 14.3 Å². The molecule has 1 aliphatic carbocycles. The highest BCUT2D eigenvalue weighted by atomic mass is 16.5. The number of hydrogen-bond acceptors (Lipinski definition) is 4. The molecule has 1 heterocycles. The third-order valence-corrected chi connectivity index (χ3v) is 6.55. The first-order chi connectivity index (χ1) is 14.4. The molecule has 0 spiro atoms. The normalized spacial score (nSPS) is 24.9. The van der Waals surface area contributed by atoms with Crippen molar-refractivity contribution in [3.63, 3.8) is 0 Å². The first kappa shape index (κ1) is 20.6. The third-order valence-electron chi connectivity index (χ3n) is 6.55. The topological polar surface area (TPSA) is 58.6 Å². The van der Waals surface area contributed by atoms with Crippen molar-refractivity contribution in [2.75, 3.05) is 13.1 Å². The molecule has 2 aliphatic rings. The van der Waals surface area contributed by atoms with E-state index in [0.717, 1.165) is 24.3 Å². The van der Waals surface area contributed by atoms with Gasteiger partial charge in [-0.05, 0) is 31.5 Å². The lowest BCUT2D eigenvalue weighted by molar-refractivity contribution is -0.133. The van der Waals surface area contributed by atoms with Gasteiger partial charge in [0.25, 0.3) is 0 Å². The van der Waals surface area contributed by atoms with Crippen molar-refractivity contribution in [2.24, 2.45) is 0 Å². The third kappa shape index (κ3) is 3.86. The smallest absolute Gasteiger partial charge is 0.234 e. The first-order valence-corrected chi connectivity index (χ1v) is 10.8. The van der Waals surface area contributed by atoms with Crippen molar-refractivity contribution in [1.29, 1.82) is 0 Å². The summed E-state index contributed by atoms with van der Waals surface area (Å²) >= 11 is 0. The summed E-state index contributed by atoms with van der Waals surface area (Å²) in [5.74, 6) is 0.758. The Morgan fingerprint density at radius 3 is 2.73 bits per heavy atom. The number of rotatable bonds is 6. The summed E-state index contributed by atoms with van der Waals surface area (Å²) in [7, 11) is 0. The van der Waals surface area contributed by atoms with E-state index < -0.39 is 6.04 Å². The maximum Gasteiger partial charge on any atom is 0.234 e. The Balaban J connectivity index is 1.47. The second-order valence-corrected chi connectivity index (χ2v) is 8.76. The fourth-order valence-corrected chi connectivity index (χ4v) is 4.73. The van der Waals surface area contributed by atoms with Crippen LogP contribution in [0.25, 0.3) is 0 Å². The number of ketones is 1. The highest BCUT2D eigenvalue weighted by molar-refractivity contribution is 5.91. The number of likely N-dealkylation sites (N-methyl/N-ethyl adjacent to an activating group) is 1. The van der Waals surface area contributed by atoms with Gasteiger partial charge in [-0.15, -0.1) is 0 Å². The number of benzene rings is 2. The molecule has 0 bridgehead atoms. The van der Waals surface area contributed by atoms with E-state index in [-0.39, 0.29) is 29.8 Å². The molecule has 1 amide bonds. The van der Waals surface area contributed by atoms with Crippen LogP contribution in [0, 0.1) is 6.92 Å². The molecule has 0 unspecified atom stereocenters. The summed E-state index contributed by atoms with van der Waals surface area (Å²) in [6.45, 7) is 7.97. The standard InChI is InChI=1S/C25H30N2O3/c1-4-27(15-18-8-6-5-7-9-18)16-22(29)26-23-20(28)12-13-25(3)19-14-17(2)10-11-21(19)30-24(23)25/h5-11,14,23-24H,4,12-13,15-16H2,1-3H3,(H,26,29)/t23-,24-,25-/m1/s1. The average Bonchev–Trinajstić information content (AvgIpc) is 3.03. The van der Waals surface area contributed by atoms with Crippen LogP contribution in [0.5, 0.6) is 5.75 Å². The number of carbonyl (C=O) groups excluding carboxylic acids is 2. The van der Waals surface area contributed by atoms with Gasteiger partial charge in [0.2, 0.25) is 5.91 Å². The molecule has 3 atom stereocenters. The summed E-state index contributed by atoms with van der Waals surface area (Å²) in [5.41, 5.74) is 3.23. The van der Waals surface area contributed by atoms with Gasteiger partial charge in [-0.3, -0.25) is 14.5 Å². The lowest BCUT2D eigenvalue weighted by Gasteiger charge is -2.39. The lowest BCUT2D eigenvalue weighted by Crippen LogP contribution is -2.60. The van der Waals surface area contributed by atoms with Crippen LogP contribution >= 0.6 is 0 Å². The monoisotopic (exact) mass is 406 g/mol. The predicted octanol–water partition coefficient (Wildman–Crippen LogP) is 3.38. The van der Waals surface area contributed by atoms with Crippen LogP contribution in [0.4, 0.5) is 0 Å². The number of ether oxygens (including phenoxy) is 1. The molecule has 0 aromatic heterocycles. The fraction of sp³-hybridized carbons (Fsp3) is 0.440. The Morgan fingerprint density at radius 1 is 1.23 bits per heavy atom. The molecule has 5 nitrogen and oxygen atoms in total. The van der Waals surface area contributed by atoms with Gasteiger partial charge in [-0.25, -0.2) is 0 Å². The minimum atomic E-state index is -0.612. The number of hydrogen-bond donors (Lipinski definition) is 1. The molecule has 4 rings (SSSR count). The van der Waals surface area contributed by atoms with E-state index in [9.17, 15) is 9.59 Å². The van der Waals surface area contributed by atoms with E-state index >= 15 is 0 Å². The van der Waals surface area contributed by atoms with Crippen LogP contribution in [0.2, 0.25) is 0 Å². The van der Waals surface area contributed by atoms with Gasteiger partial charge in [0.15, 0.2) is 5.78 Å². The van der Waals surface area contributed by atoms with E-state index in [0.29, 0.717) is 13.0 Å². The quantitative estimate of drug-likeness (QED) is 0.799. The molecule has 1 saturated carbocycles. The first-order valence-electron chi connectivity index (χ1n) is 10.8. The van der Waals surface area contributed by atoms with Crippen molar-refractivity contribution >= 4 is 11.7 Å². The van der Waals surface area contributed by atoms with Crippen LogP contribution < -0.4 is 10.1 Å². The molecule has 5 heteroatoms. The van der Waals surface area contributed by atoms with E-state index in [2.05, 4.69) is 42.3 Å². The molecule has 30 heavy (non-hydrogen) atoms. The predicted molar refractivity (Wildman–Crippen MR) is 117 cm³/mol. The minimum Gasteiger partial charge on any atom is -0.487 e. The van der Waals surface area contributed by atoms with E-state index in [1.54, 1.807) is 0 Å². The molecule has 1 N–H and O–H groups in total. The maximum atomic E-state index is 12.9. The number of Topliss-reactive ketones (excluding diaryl/α,β-unsaturated/α-hetero) is 1. The average molecular weight is 407 g/mol. The van der Waals surface area contributed by atoms with Gasteiger partial charge in [-0.1, -0.05) is 61.9 Å². The Kier molecular flexibility index (Phi) is 5.65. The summed E-state index contributed by atoms with van der Waals surface area (Å²) in [6, 6.07) is 15.7. The largest absolute Gasteiger partial charge is 0.487 e. The van der Waals surface area contributed by atoms with Crippen molar-refractivity contribution in [3.05, 3.63) is 65.2 Å². The summed E-state index contributed by atoms with van der Waals surface area (Å²) in [5, 5.41) is 3.01. The molecule has 0 radical (unpaired) electrons. The zero-order valence-corrected chi connectivity index (χ0v) is 18.0. The Morgan fingerprint density at radius 2 is 2.00 bits per heavy atom. The molecule has 1 aliphatic heterocycles. The van der Waals surface area contributed by atoms with Crippen LogP contribution in [0.1, 0.15) is 43.4 Å². The zero-order valence-electron chi connectivity index (χ0n) is 18.0. The molecule has 2 aromatic carbocycles. The molecular weight excluding hydrogens is 376 g/mol. The number of fused-ring (bicyclic) bond motifs is 3. The van der Waals surface area contributed by atoms with Gasteiger partial charge in [0.05, 0.1) is 6.54 Å². The molecule has 158 valence electrons. The van der Waals surface area contributed by atoms with Gasteiger partial charge in [-0.2, -0.15) is 0 Å². The number of carbonyl (C=O) groups is 2. The van der Waals surface area contributed by atoms with Crippen LogP contribution in [-0.2, 0) is 21.5 Å². The zero-order chi connectivity index (χ0) is 21.3. The lowest BCUT2D eigenvalue weighted by atomic mass is 9.67. The summed E-state index contributed by atoms with van der Waals surface area (Å²) in [4.78, 5) is 27.7. The molecule has 2 aromatic rings. The Hall–Kier alpha value is -2.66. The second kappa shape index (κ2) is 8.23. The van der Waals surface area contributed by atoms with Crippen molar-refractivity contribution in [3.8, 4) is 5.75 Å². The van der Waals surface area contributed by atoms with Gasteiger partial charge >= 0.3 is 0 Å². The van der Waals surface area contributed by atoms with Crippen LogP contribution in [0.15, 0.2) is 48.5 Å². The van der Waals surface area contributed by atoms with Crippen molar-refractivity contribution in [2.45, 2.75) is 57.7 Å². The van der Waals surface area contributed by atoms with E-state index in [1.165, 1.54) is 11.1 Å². The SMILES string of the molecule is CCN(CC(=O)N[C@@H]1C(=O)CC[C@]2(C)c3cc(C)ccc3O[C@H]12)Cc1ccccc1. The second-order valence-electron chi connectivity index (χ2n) is 8.76. The maximum absolute atomic E-state index is 12.9. The number of aryl methyl sites for hydroxylation is 1. The summed E-state index contributed by atoms with van der Waals surface area (Å²) < 4.78 is 6.23. The van der Waals surface area contributed by atoms with Crippen LogP contribution in [0.3, 0.4) is 0 Å². The minimum absolute atomic E-state index is 0.0569. The fourth-order valence-electron chi connectivity index (χ4n) is 4.73. The van der Waals surface area contributed by atoms with E-state index in [1.807, 2.05) is 37.3 Å². The van der Waals surface area contributed by atoms with Gasteiger partial charge in [0, 0.05) is 23.9 Å². The van der Waals surface area contributed by atoms with Crippen molar-refractivity contribution in [1.82, 2.24) is 10.2 Å².